The Hall–Kier alpha value is -2.14. The summed E-state index contributed by atoms with van der Waals surface area (Å²) in [5.41, 5.74) is 2.84. The van der Waals surface area contributed by atoms with Crippen molar-refractivity contribution in [3.8, 4) is 0 Å². The number of aliphatic carboxylic acids is 1. The SMILES string of the molecule is Cn1ccc(CNCc2ccccc2CC(=O)O)n1. The van der Waals surface area contributed by atoms with Gasteiger partial charge in [0.05, 0.1) is 12.1 Å². The van der Waals surface area contributed by atoms with Crippen LogP contribution in [0.4, 0.5) is 0 Å². The number of benzene rings is 1. The Labute approximate surface area is 111 Å². The Morgan fingerprint density at radius 2 is 2.00 bits per heavy atom. The maximum atomic E-state index is 10.8. The Morgan fingerprint density at radius 3 is 2.63 bits per heavy atom. The van der Waals surface area contributed by atoms with Gasteiger partial charge in [0.2, 0.25) is 0 Å². The lowest BCUT2D eigenvalue weighted by atomic mass is 10.0. The number of carbonyl (C=O) groups is 1. The van der Waals surface area contributed by atoms with Crippen molar-refractivity contribution in [1.82, 2.24) is 15.1 Å². The standard InChI is InChI=1S/C14H17N3O2/c1-17-7-6-13(16-17)10-15-9-12-5-3-2-4-11(12)8-14(18)19/h2-7,15H,8-10H2,1H3,(H,18,19). The zero-order valence-corrected chi connectivity index (χ0v) is 10.8. The van der Waals surface area contributed by atoms with Crippen molar-refractivity contribution in [3.63, 3.8) is 0 Å². The fourth-order valence-corrected chi connectivity index (χ4v) is 1.95. The van der Waals surface area contributed by atoms with E-state index in [4.69, 9.17) is 5.11 Å². The van der Waals surface area contributed by atoms with Gasteiger partial charge in [0.15, 0.2) is 0 Å². The molecule has 0 aliphatic heterocycles. The molecular weight excluding hydrogens is 242 g/mol. The summed E-state index contributed by atoms with van der Waals surface area (Å²) in [5.74, 6) is -0.808. The number of aryl methyl sites for hydroxylation is 1. The molecule has 0 fully saturated rings. The Balaban J connectivity index is 1.93. The van der Waals surface area contributed by atoms with Gasteiger partial charge in [-0.1, -0.05) is 24.3 Å². The molecule has 1 heterocycles. The minimum Gasteiger partial charge on any atom is -0.481 e. The van der Waals surface area contributed by atoms with Crippen LogP contribution in [0.5, 0.6) is 0 Å². The molecule has 0 aliphatic carbocycles. The normalized spacial score (nSPS) is 10.6. The molecule has 0 radical (unpaired) electrons. The molecule has 0 saturated heterocycles. The van der Waals surface area contributed by atoms with Gasteiger partial charge in [0.25, 0.3) is 0 Å². The van der Waals surface area contributed by atoms with Crippen molar-refractivity contribution in [2.45, 2.75) is 19.5 Å². The van der Waals surface area contributed by atoms with E-state index in [9.17, 15) is 4.79 Å². The summed E-state index contributed by atoms with van der Waals surface area (Å²) < 4.78 is 1.76. The third-order valence-corrected chi connectivity index (χ3v) is 2.85. The highest BCUT2D eigenvalue weighted by Gasteiger charge is 2.06. The van der Waals surface area contributed by atoms with Crippen molar-refractivity contribution in [2.24, 2.45) is 7.05 Å². The van der Waals surface area contributed by atoms with Crippen molar-refractivity contribution >= 4 is 5.97 Å². The van der Waals surface area contributed by atoms with E-state index in [2.05, 4.69) is 10.4 Å². The van der Waals surface area contributed by atoms with Crippen molar-refractivity contribution in [3.05, 3.63) is 53.3 Å². The predicted molar refractivity (Wildman–Crippen MR) is 71.5 cm³/mol. The molecule has 2 rings (SSSR count). The Morgan fingerprint density at radius 1 is 1.26 bits per heavy atom. The van der Waals surface area contributed by atoms with Gasteiger partial charge in [0, 0.05) is 26.3 Å². The molecule has 1 aromatic carbocycles. The molecule has 2 aromatic rings. The van der Waals surface area contributed by atoms with Crippen molar-refractivity contribution in [1.29, 1.82) is 0 Å². The maximum absolute atomic E-state index is 10.8. The van der Waals surface area contributed by atoms with Gasteiger partial charge in [-0.05, 0) is 17.2 Å². The smallest absolute Gasteiger partial charge is 0.307 e. The largest absolute Gasteiger partial charge is 0.481 e. The quantitative estimate of drug-likeness (QED) is 0.821. The number of carboxylic acids is 1. The lowest BCUT2D eigenvalue weighted by Crippen LogP contribution is -2.15. The van der Waals surface area contributed by atoms with E-state index in [0.29, 0.717) is 13.1 Å². The van der Waals surface area contributed by atoms with Crippen molar-refractivity contribution in [2.75, 3.05) is 0 Å². The zero-order valence-electron chi connectivity index (χ0n) is 10.8. The van der Waals surface area contributed by atoms with Gasteiger partial charge in [-0.3, -0.25) is 9.48 Å². The number of aromatic nitrogens is 2. The second-order valence-electron chi connectivity index (χ2n) is 4.42. The van der Waals surface area contributed by atoms with E-state index < -0.39 is 5.97 Å². The topological polar surface area (TPSA) is 67.2 Å². The van der Waals surface area contributed by atoms with E-state index in [0.717, 1.165) is 16.8 Å². The molecule has 0 atom stereocenters. The van der Waals surface area contributed by atoms with Crippen LogP contribution in [0, 0.1) is 0 Å². The highest BCUT2D eigenvalue weighted by molar-refractivity contribution is 5.70. The number of nitrogens with one attached hydrogen (secondary N) is 1. The molecule has 0 bridgehead atoms. The summed E-state index contributed by atoms with van der Waals surface area (Å²) in [5, 5.41) is 16.4. The van der Waals surface area contributed by atoms with Crippen LogP contribution >= 0.6 is 0 Å². The molecule has 100 valence electrons. The van der Waals surface area contributed by atoms with Crippen LogP contribution in [0.2, 0.25) is 0 Å². The van der Waals surface area contributed by atoms with E-state index in [1.807, 2.05) is 43.6 Å². The lowest BCUT2D eigenvalue weighted by Gasteiger charge is -2.08. The average molecular weight is 259 g/mol. The van der Waals surface area contributed by atoms with Gasteiger partial charge >= 0.3 is 5.97 Å². The first-order valence-corrected chi connectivity index (χ1v) is 6.13. The second kappa shape index (κ2) is 6.15. The minimum atomic E-state index is -0.808. The number of nitrogens with zero attached hydrogens (tertiary/aromatic N) is 2. The number of rotatable bonds is 6. The molecule has 1 aromatic heterocycles. The van der Waals surface area contributed by atoms with E-state index >= 15 is 0 Å². The third kappa shape index (κ3) is 3.93. The van der Waals surface area contributed by atoms with Crippen LogP contribution in [-0.2, 0) is 31.4 Å². The second-order valence-corrected chi connectivity index (χ2v) is 4.42. The van der Waals surface area contributed by atoms with Crippen LogP contribution in [0.15, 0.2) is 36.5 Å². The molecule has 0 aliphatic rings. The van der Waals surface area contributed by atoms with Crippen LogP contribution in [0.1, 0.15) is 16.8 Å². The minimum absolute atomic E-state index is 0.0570. The summed E-state index contributed by atoms with van der Waals surface area (Å²) in [6.07, 6.45) is 1.96. The highest BCUT2D eigenvalue weighted by Crippen LogP contribution is 2.09. The summed E-state index contributed by atoms with van der Waals surface area (Å²) in [7, 11) is 1.88. The molecule has 0 saturated carbocycles. The lowest BCUT2D eigenvalue weighted by molar-refractivity contribution is -0.136. The Kier molecular flexibility index (Phi) is 4.30. The molecule has 5 nitrogen and oxygen atoms in total. The first-order valence-electron chi connectivity index (χ1n) is 6.13. The molecule has 5 heteroatoms. The Bertz CT molecular complexity index is 563. The first-order chi connectivity index (χ1) is 9.15. The van der Waals surface area contributed by atoms with Crippen LogP contribution in [-0.4, -0.2) is 20.9 Å². The van der Waals surface area contributed by atoms with Crippen LogP contribution in [0.25, 0.3) is 0 Å². The molecular formula is C14H17N3O2. The summed E-state index contributed by atoms with van der Waals surface area (Å²) in [6.45, 7) is 1.31. The van der Waals surface area contributed by atoms with Crippen LogP contribution < -0.4 is 5.32 Å². The summed E-state index contributed by atoms with van der Waals surface area (Å²) in [4.78, 5) is 10.8. The first kappa shape index (κ1) is 13.3. The van der Waals surface area contributed by atoms with Gasteiger partial charge in [-0.2, -0.15) is 5.10 Å². The van der Waals surface area contributed by atoms with Crippen molar-refractivity contribution < 1.29 is 9.90 Å². The summed E-state index contributed by atoms with van der Waals surface area (Å²) in [6, 6.07) is 9.54. The molecule has 0 unspecified atom stereocenters. The number of carboxylic acid groups (broad SMARTS) is 1. The molecule has 2 N–H and O–H groups in total. The average Bonchev–Trinajstić information content (AvgIpc) is 2.77. The fourth-order valence-electron chi connectivity index (χ4n) is 1.95. The molecule has 0 amide bonds. The van der Waals surface area contributed by atoms with E-state index in [1.54, 1.807) is 4.68 Å². The third-order valence-electron chi connectivity index (χ3n) is 2.85. The predicted octanol–water partition coefficient (Wildman–Crippen LogP) is 1.34. The van der Waals surface area contributed by atoms with E-state index in [1.165, 1.54) is 0 Å². The molecule has 0 spiro atoms. The zero-order chi connectivity index (χ0) is 13.7. The highest BCUT2D eigenvalue weighted by atomic mass is 16.4. The van der Waals surface area contributed by atoms with Gasteiger partial charge < -0.3 is 10.4 Å². The van der Waals surface area contributed by atoms with Crippen LogP contribution in [0.3, 0.4) is 0 Å². The van der Waals surface area contributed by atoms with E-state index in [-0.39, 0.29) is 6.42 Å². The molecule has 19 heavy (non-hydrogen) atoms. The summed E-state index contributed by atoms with van der Waals surface area (Å²) >= 11 is 0. The number of hydrogen-bond acceptors (Lipinski definition) is 3. The van der Waals surface area contributed by atoms with Gasteiger partial charge in [0.1, 0.15) is 0 Å². The fraction of sp³-hybridized carbons (Fsp3) is 0.286. The number of hydrogen-bond donors (Lipinski definition) is 2. The van der Waals surface area contributed by atoms with Gasteiger partial charge in [-0.15, -0.1) is 0 Å². The maximum Gasteiger partial charge on any atom is 0.307 e. The van der Waals surface area contributed by atoms with Gasteiger partial charge in [-0.25, -0.2) is 0 Å². The monoisotopic (exact) mass is 259 g/mol.